The molecule has 1 aromatic heterocycles. The summed E-state index contributed by atoms with van der Waals surface area (Å²) >= 11 is 0. The summed E-state index contributed by atoms with van der Waals surface area (Å²) in [5, 5.41) is 7.87. The quantitative estimate of drug-likeness (QED) is 0.825. The zero-order chi connectivity index (χ0) is 17.3. The number of likely N-dealkylation sites (tertiary alicyclic amines) is 1. The molecule has 1 aromatic rings. The normalized spacial score (nSPS) is 23.7. The molecule has 5 nitrogen and oxygen atoms in total. The molecule has 2 atom stereocenters. The summed E-state index contributed by atoms with van der Waals surface area (Å²) in [5.41, 5.74) is 0.405. The van der Waals surface area contributed by atoms with Gasteiger partial charge in [-0.2, -0.15) is 31.4 Å². The molecule has 1 aliphatic rings. The van der Waals surface area contributed by atoms with Crippen LogP contribution in [0.2, 0.25) is 0 Å². The molecule has 2 rings (SSSR count). The number of aromatic amines is 1. The third kappa shape index (κ3) is 4.60. The largest absolute Gasteiger partial charge is 0.471 e. The van der Waals surface area contributed by atoms with Crippen molar-refractivity contribution in [3.63, 3.8) is 0 Å². The summed E-state index contributed by atoms with van der Waals surface area (Å²) in [7, 11) is 0. The summed E-state index contributed by atoms with van der Waals surface area (Å²) in [6, 6.07) is -1.29. The number of carbonyl (C=O) groups excluding carboxylic acids is 1. The van der Waals surface area contributed by atoms with Crippen molar-refractivity contribution in [3.05, 3.63) is 18.0 Å². The molecule has 0 saturated carbocycles. The van der Waals surface area contributed by atoms with Gasteiger partial charge in [-0.3, -0.25) is 14.8 Å². The molecule has 2 N–H and O–H groups in total. The van der Waals surface area contributed by atoms with Gasteiger partial charge in [-0.05, 0) is 18.9 Å². The SMILES string of the molecule is O=C(N[C@@H]1CC[C@@H](C(F)(F)F)N(Cc2ccn[nH]2)C1)C(F)(F)F. The number of nitrogens with one attached hydrogen (secondary N) is 2. The van der Waals surface area contributed by atoms with Crippen LogP contribution in [0.5, 0.6) is 0 Å². The summed E-state index contributed by atoms with van der Waals surface area (Å²) in [4.78, 5) is 11.9. The fraction of sp³-hybridized carbons (Fsp3) is 0.667. The van der Waals surface area contributed by atoms with Crippen molar-refractivity contribution in [2.75, 3.05) is 6.54 Å². The van der Waals surface area contributed by atoms with E-state index in [-0.39, 0.29) is 25.9 Å². The van der Waals surface area contributed by atoms with Crippen molar-refractivity contribution >= 4 is 5.91 Å². The van der Waals surface area contributed by atoms with E-state index in [1.165, 1.54) is 12.3 Å². The van der Waals surface area contributed by atoms with Crippen molar-refractivity contribution in [1.29, 1.82) is 0 Å². The predicted molar refractivity (Wildman–Crippen MR) is 66.1 cm³/mol. The Morgan fingerprint density at radius 3 is 2.52 bits per heavy atom. The van der Waals surface area contributed by atoms with E-state index in [0.29, 0.717) is 5.69 Å². The summed E-state index contributed by atoms with van der Waals surface area (Å²) in [6.45, 7) is -0.479. The maximum absolute atomic E-state index is 13.1. The molecule has 0 aromatic carbocycles. The minimum atomic E-state index is -5.06. The van der Waals surface area contributed by atoms with Crippen molar-refractivity contribution < 1.29 is 31.1 Å². The van der Waals surface area contributed by atoms with Gasteiger partial charge in [-0.15, -0.1) is 0 Å². The van der Waals surface area contributed by atoms with Gasteiger partial charge in [0.1, 0.15) is 6.04 Å². The topological polar surface area (TPSA) is 61.0 Å². The van der Waals surface area contributed by atoms with E-state index in [1.54, 1.807) is 5.32 Å². The van der Waals surface area contributed by atoms with Gasteiger partial charge in [-0.25, -0.2) is 0 Å². The fourth-order valence-electron chi connectivity index (χ4n) is 2.57. The molecule has 0 bridgehead atoms. The van der Waals surface area contributed by atoms with Crippen LogP contribution in [0.3, 0.4) is 0 Å². The van der Waals surface area contributed by atoms with Crippen LogP contribution < -0.4 is 5.32 Å². The third-order valence-electron chi connectivity index (χ3n) is 3.59. The lowest BCUT2D eigenvalue weighted by Gasteiger charge is -2.40. The van der Waals surface area contributed by atoms with Gasteiger partial charge in [0.05, 0.1) is 0 Å². The van der Waals surface area contributed by atoms with E-state index in [0.717, 1.165) is 4.90 Å². The van der Waals surface area contributed by atoms with Crippen LogP contribution in [0.1, 0.15) is 18.5 Å². The van der Waals surface area contributed by atoms with Crippen molar-refractivity contribution in [1.82, 2.24) is 20.4 Å². The Morgan fingerprint density at radius 1 is 1.30 bits per heavy atom. The molecule has 0 radical (unpaired) electrons. The highest BCUT2D eigenvalue weighted by Crippen LogP contribution is 2.33. The lowest BCUT2D eigenvalue weighted by atomic mass is 9.97. The molecule has 0 unspecified atom stereocenters. The first-order chi connectivity index (χ1) is 10.6. The molecule has 1 fully saturated rings. The van der Waals surface area contributed by atoms with E-state index in [1.807, 2.05) is 0 Å². The molecule has 1 saturated heterocycles. The smallest absolute Gasteiger partial charge is 0.344 e. The molecule has 1 aliphatic heterocycles. The molecule has 1 amide bonds. The van der Waals surface area contributed by atoms with E-state index in [9.17, 15) is 31.1 Å². The summed E-state index contributed by atoms with van der Waals surface area (Å²) < 4.78 is 76.0. The van der Waals surface area contributed by atoms with Gasteiger partial charge in [0.2, 0.25) is 0 Å². The maximum Gasteiger partial charge on any atom is 0.471 e. The van der Waals surface area contributed by atoms with Crippen LogP contribution in [0.15, 0.2) is 12.3 Å². The number of aromatic nitrogens is 2. The summed E-state index contributed by atoms with van der Waals surface area (Å²) in [6.07, 6.45) is -8.76. The minimum absolute atomic E-state index is 0.150. The first-order valence-corrected chi connectivity index (χ1v) is 6.74. The molecule has 0 aliphatic carbocycles. The lowest BCUT2D eigenvalue weighted by molar-refractivity contribution is -0.196. The number of alkyl halides is 6. The minimum Gasteiger partial charge on any atom is -0.344 e. The van der Waals surface area contributed by atoms with Gasteiger partial charge in [-0.1, -0.05) is 0 Å². The van der Waals surface area contributed by atoms with Gasteiger partial charge in [0, 0.05) is 31.0 Å². The Morgan fingerprint density at radius 2 is 2.00 bits per heavy atom. The molecular weight excluding hydrogens is 330 g/mol. The lowest BCUT2D eigenvalue weighted by Crippen LogP contribution is -2.57. The highest BCUT2D eigenvalue weighted by atomic mass is 19.4. The molecule has 23 heavy (non-hydrogen) atoms. The second-order valence-corrected chi connectivity index (χ2v) is 5.31. The van der Waals surface area contributed by atoms with Gasteiger partial charge >= 0.3 is 18.3 Å². The number of hydrogen-bond donors (Lipinski definition) is 2. The van der Waals surface area contributed by atoms with Gasteiger partial charge in [0.15, 0.2) is 0 Å². The molecule has 0 spiro atoms. The third-order valence-corrected chi connectivity index (χ3v) is 3.59. The summed E-state index contributed by atoms with van der Waals surface area (Å²) in [5.74, 6) is -2.14. The second kappa shape index (κ2) is 6.38. The number of amides is 1. The number of rotatable bonds is 3. The molecular formula is C12H14F6N4O. The van der Waals surface area contributed by atoms with Crippen molar-refractivity contribution in [2.24, 2.45) is 0 Å². The van der Waals surface area contributed by atoms with E-state index >= 15 is 0 Å². The van der Waals surface area contributed by atoms with Crippen LogP contribution >= 0.6 is 0 Å². The highest BCUT2D eigenvalue weighted by molar-refractivity contribution is 5.81. The van der Waals surface area contributed by atoms with Crippen LogP contribution in [-0.4, -0.2) is 52.0 Å². The monoisotopic (exact) mass is 344 g/mol. The van der Waals surface area contributed by atoms with Crippen LogP contribution in [0.25, 0.3) is 0 Å². The van der Waals surface area contributed by atoms with Gasteiger partial charge in [0.25, 0.3) is 0 Å². The van der Waals surface area contributed by atoms with E-state index < -0.39 is 30.3 Å². The molecule has 11 heteroatoms. The van der Waals surface area contributed by atoms with Crippen LogP contribution in [0.4, 0.5) is 26.3 Å². The number of carbonyl (C=O) groups is 1. The zero-order valence-electron chi connectivity index (χ0n) is 11.7. The number of H-pyrrole nitrogens is 1. The Labute approximate surface area is 127 Å². The van der Waals surface area contributed by atoms with Crippen LogP contribution in [0, 0.1) is 0 Å². The van der Waals surface area contributed by atoms with Crippen LogP contribution in [-0.2, 0) is 11.3 Å². The first kappa shape index (κ1) is 17.6. The average Bonchev–Trinajstić information content (AvgIpc) is 2.89. The number of hydrogen-bond acceptors (Lipinski definition) is 3. The Balaban J connectivity index is 2.07. The van der Waals surface area contributed by atoms with E-state index in [4.69, 9.17) is 0 Å². The predicted octanol–water partition coefficient (Wildman–Crippen LogP) is 1.98. The standard InChI is InChI=1S/C12H14F6N4O/c13-11(14,15)9-2-1-7(20-10(23)12(16,17)18)5-22(9)6-8-3-4-19-21-8/h3-4,7,9H,1-2,5-6H2,(H,19,21)(H,20,23)/t7-,9+/m1/s1. The number of nitrogens with zero attached hydrogens (tertiary/aromatic N) is 2. The highest BCUT2D eigenvalue weighted by Gasteiger charge is 2.47. The maximum atomic E-state index is 13.1. The average molecular weight is 344 g/mol. The van der Waals surface area contributed by atoms with Crippen molar-refractivity contribution in [3.8, 4) is 0 Å². The Kier molecular flexibility index (Phi) is 4.87. The molecule has 2 heterocycles. The van der Waals surface area contributed by atoms with Gasteiger partial charge < -0.3 is 5.32 Å². The number of halogens is 6. The Hall–Kier alpha value is -1.78. The number of piperidine rings is 1. The van der Waals surface area contributed by atoms with E-state index in [2.05, 4.69) is 10.2 Å². The molecule has 130 valence electrons. The fourth-order valence-corrected chi connectivity index (χ4v) is 2.57. The Bertz CT molecular complexity index is 527. The first-order valence-electron chi connectivity index (χ1n) is 6.74. The van der Waals surface area contributed by atoms with Crippen molar-refractivity contribution in [2.45, 2.75) is 43.8 Å². The second-order valence-electron chi connectivity index (χ2n) is 5.31. The zero-order valence-corrected chi connectivity index (χ0v) is 11.7.